The topological polar surface area (TPSA) is 44.3 Å². The average molecular weight is 356 g/mol. The molecule has 1 aromatic carbocycles. The molecule has 1 aromatic heterocycles. The predicted molar refractivity (Wildman–Crippen MR) is 98.9 cm³/mol. The third-order valence-electron chi connectivity index (χ3n) is 5.72. The lowest BCUT2D eigenvalue weighted by atomic mass is 10.1. The molecule has 5 nitrogen and oxygen atoms in total. The fourth-order valence-corrected chi connectivity index (χ4v) is 4.69. The number of piperazine rings is 1. The molecule has 0 saturated carbocycles. The van der Waals surface area contributed by atoms with Crippen LogP contribution in [0.25, 0.3) is 0 Å². The van der Waals surface area contributed by atoms with Crippen LogP contribution in [0.4, 0.5) is 5.82 Å². The van der Waals surface area contributed by atoms with Gasteiger partial charge in [0.1, 0.15) is 5.82 Å². The van der Waals surface area contributed by atoms with Gasteiger partial charge in [0.15, 0.2) is 0 Å². The van der Waals surface area contributed by atoms with Crippen LogP contribution in [0.5, 0.6) is 0 Å². The van der Waals surface area contributed by atoms with Crippen molar-refractivity contribution in [2.75, 3.05) is 31.1 Å². The second-order valence-electron chi connectivity index (χ2n) is 7.14. The molecule has 1 atom stereocenters. The summed E-state index contributed by atoms with van der Waals surface area (Å²) in [6.07, 6.45) is 2.36. The van der Waals surface area contributed by atoms with Crippen molar-refractivity contribution < 1.29 is 0 Å². The van der Waals surface area contributed by atoms with E-state index in [1.54, 1.807) is 0 Å². The van der Waals surface area contributed by atoms with Crippen LogP contribution in [0.2, 0.25) is 5.28 Å². The minimum Gasteiger partial charge on any atom is -0.354 e. The molecular weight excluding hydrogens is 334 g/mol. The number of hydrogen-bond donors (Lipinski definition) is 1. The Morgan fingerprint density at radius 2 is 1.92 bits per heavy atom. The van der Waals surface area contributed by atoms with Gasteiger partial charge < -0.3 is 10.2 Å². The summed E-state index contributed by atoms with van der Waals surface area (Å²) in [6.45, 7) is 5.74. The first-order valence-corrected chi connectivity index (χ1v) is 9.50. The lowest BCUT2D eigenvalue weighted by Crippen LogP contribution is -2.44. The van der Waals surface area contributed by atoms with Gasteiger partial charge in [0.2, 0.25) is 5.28 Å². The van der Waals surface area contributed by atoms with Crippen LogP contribution in [-0.4, -0.2) is 41.0 Å². The van der Waals surface area contributed by atoms with E-state index in [4.69, 9.17) is 11.6 Å². The molecule has 1 unspecified atom stereocenters. The Kier molecular flexibility index (Phi) is 3.88. The van der Waals surface area contributed by atoms with Crippen molar-refractivity contribution in [1.82, 2.24) is 20.2 Å². The molecular formula is C19H22ClN5. The number of aryl methyl sites for hydroxylation is 1. The number of nitrogens with one attached hydrogen (secondary N) is 1. The third kappa shape index (κ3) is 2.71. The van der Waals surface area contributed by atoms with Gasteiger partial charge in [-0.15, -0.1) is 0 Å². The highest BCUT2D eigenvalue weighted by Gasteiger charge is 2.35. The quantitative estimate of drug-likeness (QED) is 0.839. The number of benzene rings is 1. The Morgan fingerprint density at radius 1 is 1.08 bits per heavy atom. The Balaban J connectivity index is 1.46. The summed E-state index contributed by atoms with van der Waals surface area (Å²) in [5, 5.41) is 3.78. The summed E-state index contributed by atoms with van der Waals surface area (Å²) >= 11 is 6.25. The summed E-state index contributed by atoms with van der Waals surface area (Å²) in [4.78, 5) is 14.1. The van der Waals surface area contributed by atoms with E-state index in [-0.39, 0.29) is 0 Å². The zero-order chi connectivity index (χ0) is 16.8. The molecule has 3 aliphatic rings. The molecule has 0 bridgehead atoms. The van der Waals surface area contributed by atoms with Gasteiger partial charge in [-0.05, 0) is 35.6 Å². The van der Waals surface area contributed by atoms with Gasteiger partial charge in [0.05, 0.1) is 5.69 Å². The van der Waals surface area contributed by atoms with Crippen molar-refractivity contribution in [3.8, 4) is 0 Å². The number of halogens is 1. The molecule has 25 heavy (non-hydrogen) atoms. The molecule has 0 amide bonds. The van der Waals surface area contributed by atoms with Gasteiger partial charge >= 0.3 is 0 Å². The number of hydrogen-bond acceptors (Lipinski definition) is 5. The summed E-state index contributed by atoms with van der Waals surface area (Å²) in [7, 11) is 0. The predicted octanol–water partition coefficient (Wildman–Crippen LogP) is 2.54. The number of anilines is 1. The number of aromatic nitrogens is 2. The summed E-state index contributed by atoms with van der Waals surface area (Å²) < 4.78 is 0. The third-order valence-corrected chi connectivity index (χ3v) is 5.89. The maximum absolute atomic E-state index is 6.25. The van der Waals surface area contributed by atoms with E-state index in [1.165, 1.54) is 29.5 Å². The fraction of sp³-hybridized carbons (Fsp3) is 0.474. The van der Waals surface area contributed by atoms with Crippen molar-refractivity contribution in [2.45, 2.75) is 32.0 Å². The molecule has 130 valence electrons. The maximum atomic E-state index is 6.25. The van der Waals surface area contributed by atoms with Gasteiger partial charge in [0.25, 0.3) is 0 Å². The molecule has 3 heterocycles. The van der Waals surface area contributed by atoms with E-state index in [1.807, 2.05) is 0 Å². The van der Waals surface area contributed by atoms with Gasteiger partial charge in [0, 0.05) is 50.9 Å². The highest BCUT2D eigenvalue weighted by atomic mass is 35.5. The van der Waals surface area contributed by atoms with Crippen LogP contribution >= 0.6 is 11.6 Å². The zero-order valence-electron chi connectivity index (χ0n) is 14.2. The number of fused-ring (bicyclic) bond motifs is 2. The van der Waals surface area contributed by atoms with Crippen LogP contribution in [0, 0.1) is 0 Å². The maximum Gasteiger partial charge on any atom is 0.224 e. The Labute approximate surface area is 153 Å². The zero-order valence-corrected chi connectivity index (χ0v) is 15.0. The highest BCUT2D eigenvalue weighted by Crippen LogP contribution is 2.41. The lowest BCUT2D eigenvalue weighted by molar-refractivity contribution is 0.199. The van der Waals surface area contributed by atoms with Crippen LogP contribution in [0.3, 0.4) is 0 Å². The number of nitrogens with zero attached hydrogens (tertiary/aromatic N) is 4. The normalized spacial score (nSPS) is 22.9. The fourth-order valence-electron chi connectivity index (χ4n) is 4.50. The Morgan fingerprint density at radius 3 is 2.80 bits per heavy atom. The first-order valence-electron chi connectivity index (χ1n) is 9.12. The van der Waals surface area contributed by atoms with Gasteiger partial charge in [-0.1, -0.05) is 24.3 Å². The molecule has 1 aliphatic carbocycles. The largest absolute Gasteiger partial charge is 0.354 e. The molecule has 0 radical (unpaired) electrons. The van der Waals surface area contributed by atoms with E-state index < -0.39 is 0 Å². The van der Waals surface area contributed by atoms with Crippen LogP contribution in [-0.2, 0) is 19.5 Å². The molecule has 1 N–H and O–H groups in total. The van der Waals surface area contributed by atoms with Crippen molar-refractivity contribution in [3.05, 3.63) is 51.9 Å². The minimum atomic E-state index is 0.376. The summed E-state index contributed by atoms with van der Waals surface area (Å²) in [5.41, 5.74) is 5.36. The molecule has 5 rings (SSSR count). The van der Waals surface area contributed by atoms with Gasteiger partial charge in [-0.2, -0.15) is 0 Å². The number of rotatable bonds is 2. The highest BCUT2D eigenvalue weighted by molar-refractivity contribution is 6.28. The second-order valence-corrected chi connectivity index (χ2v) is 7.47. The molecule has 2 aliphatic heterocycles. The molecule has 1 saturated heterocycles. The molecule has 2 aromatic rings. The first-order chi connectivity index (χ1) is 12.3. The van der Waals surface area contributed by atoms with E-state index in [2.05, 4.69) is 49.4 Å². The molecule has 6 heteroatoms. The molecule has 0 spiro atoms. The van der Waals surface area contributed by atoms with Crippen LogP contribution in [0.15, 0.2) is 24.3 Å². The van der Waals surface area contributed by atoms with Crippen molar-refractivity contribution in [3.63, 3.8) is 0 Å². The monoisotopic (exact) mass is 355 g/mol. The summed E-state index contributed by atoms with van der Waals surface area (Å²) in [5.74, 6) is 1.05. The second kappa shape index (κ2) is 6.24. The van der Waals surface area contributed by atoms with Crippen LogP contribution in [0.1, 0.15) is 34.8 Å². The smallest absolute Gasteiger partial charge is 0.224 e. The van der Waals surface area contributed by atoms with E-state index in [9.17, 15) is 0 Å². The summed E-state index contributed by atoms with van der Waals surface area (Å²) in [6, 6.07) is 9.34. The van der Waals surface area contributed by atoms with Crippen molar-refractivity contribution in [1.29, 1.82) is 0 Å². The van der Waals surface area contributed by atoms with Crippen LogP contribution < -0.4 is 10.2 Å². The van der Waals surface area contributed by atoms with E-state index in [0.717, 1.165) is 50.8 Å². The van der Waals surface area contributed by atoms with Gasteiger partial charge in [-0.3, -0.25) is 4.90 Å². The Bertz CT molecular complexity index is 802. The minimum absolute atomic E-state index is 0.376. The average Bonchev–Trinajstić information content (AvgIpc) is 3.25. The van der Waals surface area contributed by atoms with E-state index in [0.29, 0.717) is 11.3 Å². The van der Waals surface area contributed by atoms with Crippen molar-refractivity contribution in [2.24, 2.45) is 0 Å². The standard InChI is InChI=1S/C19H22ClN5/c20-19-22-16-12-25(17-6-5-13-3-1-2-4-14(13)17)11-15(16)18(23-19)24-9-7-21-8-10-24/h1-4,17,21H,5-12H2. The lowest BCUT2D eigenvalue weighted by Gasteiger charge is -2.30. The Hall–Kier alpha value is -1.69. The van der Waals surface area contributed by atoms with E-state index >= 15 is 0 Å². The first kappa shape index (κ1) is 15.6. The van der Waals surface area contributed by atoms with Crippen molar-refractivity contribution >= 4 is 17.4 Å². The SMILES string of the molecule is Clc1nc2c(c(N3CCNCC3)n1)CN(C1CCc3ccccc31)C2. The van der Waals surface area contributed by atoms with Gasteiger partial charge in [-0.25, -0.2) is 9.97 Å². The molecule has 1 fully saturated rings.